The summed E-state index contributed by atoms with van der Waals surface area (Å²) in [6.07, 6.45) is 2.38. The number of fused-ring (bicyclic) bond motifs is 1. The molecule has 0 unspecified atom stereocenters. The first kappa shape index (κ1) is 24.4. The molecule has 1 aromatic heterocycles. The fraction of sp³-hybridized carbons (Fsp3) is 0.0385. The molecular formula is C26H16ClFN4O4S. The Kier molecular flexibility index (Phi) is 6.85. The topological polar surface area (TPSA) is 101 Å². The highest BCUT2D eigenvalue weighted by Crippen LogP contribution is 2.33. The number of anilines is 1. The maximum Gasteiger partial charge on any atom is 0.294 e. The number of nitrogens with zero attached hydrogens (tertiary/aromatic N) is 3. The number of hydrogen-bond acceptors (Lipinski definition) is 7. The normalized spacial score (nSPS) is 14.4. The molecule has 184 valence electrons. The van der Waals surface area contributed by atoms with E-state index >= 15 is 0 Å². The van der Waals surface area contributed by atoms with Crippen molar-refractivity contribution in [2.24, 2.45) is 0 Å². The minimum atomic E-state index is -0.794. The molecule has 0 spiro atoms. The second kappa shape index (κ2) is 10.4. The fourth-order valence-corrected chi connectivity index (χ4v) is 4.60. The highest BCUT2D eigenvalue weighted by molar-refractivity contribution is 8.18. The van der Waals surface area contributed by atoms with Crippen LogP contribution >= 0.6 is 23.4 Å². The van der Waals surface area contributed by atoms with Crippen molar-refractivity contribution in [3.63, 3.8) is 0 Å². The molecule has 0 saturated carbocycles. The minimum Gasteiger partial charge on any atom is -0.436 e. The Hall–Kier alpha value is -4.28. The van der Waals surface area contributed by atoms with Crippen LogP contribution in [0.4, 0.5) is 14.9 Å². The Balaban J connectivity index is 1.29. The number of aromatic nitrogens is 2. The summed E-state index contributed by atoms with van der Waals surface area (Å²) in [7, 11) is 0. The molecule has 2 heterocycles. The summed E-state index contributed by atoms with van der Waals surface area (Å²) in [5.74, 6) is -2.01. The van der Waals surface area contributed by atoms with Crippen LogP contribution in [-0.4, -0.2) is 38.5 Å². The second-order valence-corrected chi connectivity index (χ2v) is 9.14. The number of rotatable bonds is 6. The Morgan fingerprint density at radius 3 is 2.76 bits per heavy atom. The lowest BCUT2D eigenvalue weighted by atomic mass is 10.1. The maximum absolute atomic E-state index is 13.9. The van der Waals surface area contributed by atoms with Gasteiger partial charge in [-0.3, -0.25) is 19.3 Å². The molecule has 4 aromatic rings. The van der Waals surface area contributed by atoms with Gasteiger partial charge in [0.2, 0.25) is 17.0 Å². The number of amides is 3. The van der Waals surface area contributed by atoms with Gasteiger partial charge in [0.1, 0.15) is 12.3 Å². The molecule has 11 heteroatoms. The number of carbonyl (C=O) groups excluding carboxylic acids is 3. The fourth-order valence-electron chi connectivity index (χ4n) is 3.64. The van der Waals surface area contributed by atoms with Crippen LogP contribution in [0.15, 0.2) is 77.8 Å². The number of carbonyl (C=O) groups is 3. The number of nitrogens with one attached hydrogen (secondary N) is 1. The van der Waals surface area contributed by atoms with Gasteiger partial charge in [-0.05, 0) is 58.6 Å². The summed E-state index contributed by atoms with van der Waals surface area (Å²) in [6, 6.07) is 19.5. The van der Waals surface area contributed by atoms with E-state index in [0.717, 1.165) is 33.6 Å². The second-order valence-electron chi connectivity index (χ2n) is 7.81. The van der Waals surface area contributed by atoms with Gasteiger partial charge in [-0.25, -0.2) is 4.98 Å². The minimum absolute atomic E-state index is 0.136. The summed E-state index contributed by atoms with van der Waals surface area (Å²) in [5, 5.41) is 3.84. The van der Waals surface area contributed by atoms with Gasteiger partial charge in [-0.2, -0.15) is 9.37 Å². The molecular weight excluding hydrogens is 519 g/mol. The van der Waals surface area contributed by atoms with Crippen molar-refractivity contribution in [3.8, 4) is 11.6 Å². The molecule has 0 aliphatic carbocycles. The van der Waals surface area contributed by atoms with Crippen LogP contribution in [-0.2, 0) is 9.59 Å². The molecule has 1 N–H and O–H groups in total. The maximum atomic E-state index is 13.9. The van der Waals surface area contributed by atoms with Gasteiger partial charge in [0, 0.05) is 11.1 Å². The first-order valence-corrected chi connectivity index (χ1v) is 12.1. The van der Waals surface area contributed by atoms with Crippen molar-refractivity contribution in [1.82, 2.24) is 14.9 Å². The first-order valence-electron chi connectivity index (χ1n) is 10.9. The predicted molar refractivity (Wildman–Crippen MR) is 139 cm³/mol. The van der Waals surface area contributed by atoms with E-state index in [9.17, 15) is 18.8 Å². The van der Waals surface area contributed by atoms with E-state index in [1.807, 2.05) is 36.4 Å². The molecule has 1 fully saturated rings. The number of hydrogen-bond donors (Lipinski definition) is 1. The Morgan fingerprint density at radius 2 is 1.89 bits per heavy atom. The van der Waals surface area contributed by atoms with E-state index in [4.69, 9.17) is 16.3 Å². The molecule has 3 amide bonds. The quantitative estimate of drug-likeness (QED) is 0.243. The molecule has 1 aliphatic rings. The lowest BCUT2D eigenvalue weighted by Crippen LogP contribution is -2.36. The van der Waals surface area contributed by atoms with E-state index in [2.05, 4.69) is 15.3 Å². The van der Waals surface area contributed by atoms with Gasteiger partial charge in [-0.15, -0.1) is 0 Å². The van der Waals surface area contributed by atoms with E-state index < -0.39 is 29.4 Å². The van der Waals surface area contributed by atoms with Gasteiger partial charge in [0.05, 0.1) is 11.1 Å². The van der Waals surface area contributed by atoms with Crippen LogP contribution in [0, 0.1) is 5.82 Å². The van der Waals surface area contributed by atoms with Crippen molar-refractivity contribution < 1.29 is 23.5 Å². The standard InChI is InChI=1S/C26H16ClFN4O4S/c27-25-29-13-19(28)23(31-25)36-17-8-3-5-15(11-17)12-21-24(34)32(26(35)37-21)14-22(33)30-20-10-4-7-16-6-1-2-9-18(16)20/h1-13H,14H2,(H,30,33)/b21-12+. The van der Waals surface area contributed by atoms with E-state index in [1.54, 1.807) is 24.3 Å². The van der Waals surface area contributed by atoms with Crippen molar-refractivity contribution in [2.45, 2.75) is 0 Å². The van der Waals surface area contributed by atoms with Gasteiger partial charge >= 0.3 is 0 Å². The van der Waals surface area contributed by atoms with Gasteiger partial charge < -0.3 is 10.1 Å². The molecule has 1 aliphatic heterocycles. The summed E-state index contributed by atoms with van der Waals surface area (Å²) < 4.78 is 19.3. The van der Waals surface area contributed by atoms with Crippen molar-refractivity contribution in [3.05, 3.63) is 94.5 Å². The molecule has 1 saturated heterocycles. The van der Waals surface area contributed by atoms with Gasteiger partial charge in [0.15, 0.2) is 0 Å². The lowest BCUT2D eigenvalue weighted by molar-refractivity contribution is -0.127. The summed E-state index contributed by atoms with van der Waals surface area (Å²) >= 11 is 6.42. The largest absolute Gasteiger partial charge is 0.436 e. The number of halogens is 2. The number of imide groups is 1. The third kappa shape index (κ3) is 5.45. The zero-order valence-electron chi connectivity index (χ0n) is 18.9. The zero-order valence-corrected chi connectivity index (χ0v) is 20.4. The average molecular weight is 535 g/mol. The van der Waals surface area contributed by atoms with Crippen LogP contribution < -0.4 is 10.1 Å². The van der Waals surface area contributed by atoms with Crippen LogP contribution in [0.1, 0.15) is 5.56 Å². The Morgan fingerprint density at radius 1 is 1.11 bits per heavy atom. The monoisotopic (exact) mass is 534 g/mol. The summed E-state index contributed by atoms with van der Waals surface area (Å²) in [6.45, 7) is -0.428. The molecule has 3 aromatic carbocycles. The summed E-state index contributed by atoms with van der Waals surface area (Å²) in [5.41, 5.74) is 1.10. The smallest absolute Gasteiger partial charge is 0.294 e. The van der Waals surface area contributed by atoms with Gasteiger partial charge in [0.25, 0.3) is 17.0 Å². The number of ether oxygens (including phenoxy) is 1. The van der Waals surface area contributed by atoms with E-state index in [0.29, 0.717) is 11.3 Å². The van der Waals surface area contributed by atoms with E-state index in [1.165, 1.54) is 12.1 Å². The zero-order chi connectivity index (χ0) is 25.9. The number of thioether (sulfide) groups is 1. The third-order valence-corrected chi connectivity index (χ3v) is 6.38. The van der Waals surface area contributed by atoms with Gasteiger partial charge in [-0.1, -0.05) is 48.5 Å². The van der Waals surface area contributed by atoms with Crippen LogP contribution in [0.25, 0.3) is 16.8 Å². The molecule has 0 radical (unpaired) electrons. The molecule has 37 heavy (non-hydrogen) atoms. The summed E-state index contributed by atoms with van der Waals surface area (Å²) in [4.78, 5) is 46.4. The van der Waals surface area contributed by atoms with Crippen LogP contribution in [0.2, 0.25) is 5.28 Å². The van der Waals surface area contributed by atoms with Crippen molar-refractivity contribution in [2.75, 3.05) is 11.9 Å². The third-order valence-electron chi connectivity index (χ3n) is 5.29. The SMILES string of the molecule is O=C(CN1C(=O)S/C(=C/c2cccc(Oc3nc(Cl)ncc3F)c2)C1=O)Nc1cccc2ccccc12. The Bertz CT molecular complexity index is 1590. The number of benzene rings is 3. The highest BCUT2D eigenvalue weighted by Gasteiger charge is 2.36. The predicted octanol–water partition coefficient (Wildman–Crippen LogP) is 5.89. The van der Waals surface area contributed by atoms with Crippen LogP contribution in [0.3, 0.4) is 0 Å². The van der Waals surface area contributed by atoms with Crippen molar-refractivity contribution >= 4 is 63.0 Å². The Labute approximate surface area is 219 Å². The molecule has 5 rings (SSSR count). The van der Waals surface area contributed by atoms with Crippen molar-refractivity contribution in [1.29, 1.82) is 0 Å². The lowest BCUT2D eigenvalue weighted by Gasteiger charge is -2.13. The molecule has 0 bridgehead atoms. The average Bonchev–Trinajstić information content (AvgIpc) is 3.14. The van der Waals surface area contributed by atoms with Crippen LogP contribution in [0.5, 0.6) is 11.6 Å². The molecule has 8 nitrogen and oxygen atoms in total. The highest BCUT2D eigenvalue weighted by atomic mass is 35.5. The first-order chi connectivity index (χ1) is 17.9. The van der Waals surface area contributed by atoms with E-state index in [-0.39, 0.29) is 21.8 Å². The molecule has 0 atom stereocenters.